The van der Waals surface area contributed by atoms with E-state index in [1.165, 1.54) is 0 Å². The average Bonchev–Trinajstić information content (AvgIpc) is 2.22. The van der Waals surface area contributed by atoms with E-state index in [2.05, 4.69) is 0 Å². The summed E-state index contributed by atoms with van der Waals surface area (Å²) in [4.78, 5) is 11.2. The van der Waals surface area contributed by atoms with Crippen molar-refractivity contribution in [2.24, 2.45) is 0 Å². The number of hydrogen-bond donors (Lipinski definition) is 1. The Morgan fingerprint density at radius 2 is 2.12 bits per heavy atom. The van der Waals surface area contributed by atoms with Crippen LogP contribution in [0.15, 0.2) is 30.3 Å². The van der Waals surface area contributed by atoms with Crippen molar-refractivity contribution in [2.75, 3.05) is 19.0 Å². The third-order valence-electron chi connectivity index (χ3n) is 2.61. The molecule has 0 aromatic heterocycles. The molecule has 1 aromatic rings. The molecule has 0 aliphatic carbocycles. The third kappa shape index (κ3) is 2.77. The molecule has 0 spiro atoms. The molecule has 4 heteroatoms. The van der Waals surface area contributed by atoms with Crippen molar-refractivity contribution < 1.29 is 14.6 Å². The van der Waals surface area contributed by atoms with Gasteiger partial charge in [-0.3, -0.25) is 4.79 Å². The lowest BCUT2D eigenvalue weighted by atomic mass is 10.0. The topological polar surface area (TPSA) is 46.5 Å². The smallest absolute Gasteiger partial charge is 0.311 e. The van der Waals surface area contributed by atoms with Crippen molar-refractivity contribution in [1.82, 2.24) is 0 Å². The zero-order valence-electron chi connectivity index (χ0n) is 8.83. The van der Waals surface area contributed by atoms with E-state index in [0.717, 1.165) is 18.8 Å². The maximum atomic E-state index is 11.2. The standard InChI is InChI=1S/C12H14O3S/c13-12(14)11(8-16-10-6-15-7-10)9-4-2-1-3-5-9/h1-5,10-11H,6-8H2,(H,13,14). The van der Waals surface area contributed by atoms with Gasteiger partial charge in [0.25, 0.3) is 0 Å². The lowest BCUT2D eigenvalue weighted by molar-refractivity contribution is -0.138. The first kappa shape index (κ1) is 11.5. The van der Waals surface area contributed by atoms with Crippen molar-refractivity contribution in [3.05, 3.63) is 35.9 Å². The lowest BCUT2D eigenvalue weighted by Gasteiger charge is -2.26. The van der Waals surface area contributed by atoms with Gasteiger partial charge in [-0.05, 0) is 5.56 Å². The van der Waals surface area contributed by atoms with Crippen LogP contribution >= 0.6 is 11.8 Å². The highest BCUT2D eigenvalue weighted by Gasteiger charge is 2.24. The van der Waals surface area contributed by atoms with Gasteiger partial charge < -0.3 is 9.84 Å². The maximum Gasteiger partial charge on any atom is 0.311 e. The van der Waals surface area contributed by atoms with Crippen LogP contribution in [0.1, 0.15) is 11.5 Å². The molecule has 1 N–H and O–H groups in total. The molecule has 3 nitrogen and oxygen atoms in total. The van der Waals surface area contributed by atoms with Gasteiger partial charge >= 0.3 is 5.97 Å². The molecule has 0 bridgehead atoms. The highest BCUT2D eigenvalue weighted by molar-refractivity contribution is 8.00. The normalized spacial score (nSPS) is 17.8. The first-order chi connectivity index (χ1) is 7.77. The fraction of sp³-hybridized carbons (Fsp3) is 0.417. The summed E-state index contributed by atoms with van der Waals surface area (Å²) < 4.78 is 5.07. The maximum absolute atomic E-state index is 11.2. The number of ether oxygens (including phenoxy) is 1. The van der Waals surface area contributed by atoms with Crippen molar-refractivity contribution in [3.63, 3.8) is 0 Å². The first-order valence-electron chi connectivity index (χ1n) is 5.24. The molecular weight excluding hydrogens is 224 g/mol. The van der Waals surface area contributed by atoms with E-state index in [0.29, 0.717) is 11.0 Å². The molecule has 1 unspecified atom stereocenters. The van der Waals surface area contributed by atoms with Gasteiger partial charge in [0.2, 0.25) is 0 Å². The van der Waals surface area contributed by atoms with E-state index >= 15 is 0 Å². The molecule has 1 aliphatic rings. The fourth-order valence-electron chi connectivity index (χ4n) is 1.54. The van der Waals surface area contributed by atoms with Gasteiger partial charge in [0, 0.05) is 5.75 Å². The molecule has 1 saturated heterocycles. The number of carbonyl (C=O) groups is 1. The van der Waals surface area contributed by atoms with Gasteiger partial charge in [-0.15, -0.1) is 0 Å². The van der Waals surface area contributed by atoms with Crippen LogP contribution < -0.4 is 0 Å². The number of aliphatic carboxylic acids is 1. The molecule has 16 heavy (non-hydrogen) atoms. The Morgan fingerprint density at radius 3 is 2.62 bits per heavy atom. The van der Waals surface area contributed by atoms with Crippen LogP contribution in [0.5, 0.6) is 0 Å². The van der Waals surface area contributed by atoms with Crippen molar-refractivity contribution in [2.45, 2.75) is 11.2 Å². The molecule has 1 aliphatic heterocycles. The van der Waals surface area contributed by atoms with E-state index in [4.69, 9.17) is 4.74 Å². The second-order valence-corrected chi connectivity index (χ2v) is 5.13. The Hall–Kier alpha value is -1.00. The number of carboxylic acids is 1. The van der Waals surface area contributed by atoms with Crippen LogP contribution in [-0.4, -0.2) is 35.3 Å². The monoisotopic (exact) mass is 238 g/mol. The number of rotatable bonds is 5. The van der Waals surface area contributed by atoms with E-state index in [9.17, 15) is 9.90 Å². The number of hydrogen-bond acceptors (Lipinski definition) is 3. The van der Waals surface area contributed by atoms with Crippen molar-refractivity contribution >= 4 is 17.7 Å². The zero-order valence-corrected chi connectivity index (χ0v) is 9.65. The molecular formula is C12H14O3S. The minimum Gasteiger partial charge on any atom is -0.481 e. The summed E-state index contributed by atoms with van der Waals surface area (Å²) in [5.41, 5.74) is 0.878. The average molecular weight is 238 g/mol. The van der Waals surface area contributed by atoms with E-state index in [-0.39, 0.29) is 0 Å². The Kier molecular flexibility index (Phi) is 3.85. The summed E-state index contributed by atoms with van der Waals surface area (Å²) in [6, 6.07) is 9.40. The van der Waals surface area contributed by atoms with Gasteiger partial charge in [-0.25, -0.2) is 0 Å². The number of thioether (sulfide) groups is 1. The van der Waals surface area contributed by atoms with Gasteiger partial charge in [0.15, 0.2) is 0 Å². The summed E-state index contributed by atoms with van der Waals surface area (Å²) in [5, 5.41) is 9.66. The second kappa shape index (κ2) is 5.37. The van der Waals surface area contributed by atoms with Crippen LogP contribution in [0.2, 0.25) is 0 Å². The van der Waals surface area contributed by atoms with Gasteiger partial charge in [-0.2, -0.15) is 11.8 Å². The largest absolute Gasteiger partial charge is 0.481 e. The SMILES string of the molecule is O=C(O)C(CSC1COC1)c1ccccc1. The van der Waals surface area contributed by atoms with Crippen LogP contribution in [0.25, 0.3) is 0 Å². The predicted molar refractivity (Wildman–Crippen MR) is 63.9 cm³/mol. The molecule has 2 rings (SSSR count). The lowest BCUT2D eigenvalue weighted by Crippen LogP contribution is -2.31. The summed E-state index contributed by atoms with van der Waals surface area (Å²) in [6.07, 6.45) is 0. The zero-order chi connectivity index (χ0) is 11.4. The minimum absolute atomic E-state index is 0.410. The molecule has 0 saturated carbocycles. The summed E-state index contributed by atoms with van der Waals surface area (Å²) in [6.45, 7) is 1.51. The summed E-state index contributed by atoms with van der Waals surface area (Å²) in [7, 11) is 0. The Morgan fingerprint density at radius 1 is 1.44 bits per heavy atom. The highest BCUT2D eigenvalue weighted by atomic mass is 32.2. The fourth-order valence-corrected chi connectivity index (χ4v) is 2.72. The van der Waals surface area contributed by atoms with E-state index in [1.54, 1.807) is 11.8 Å². The Balaban J connectivity index is 1.96. The van der Waals surface area contributed by atoms with Gasteiger partial charge in [-0.1, -0.05) is 30.3 Å². The minimum atomic E-state index is -0.751. The van der Waals surface area contributed by atoms with Crippen molar-refractivity contribution in [1.29, 1.82) is 0 Å². The molecule has 1 fully saturated rings. The van der Waals surface area contributed by atoms with E-state index in [1.807, 2.05) is 30.3 Å². The molecule has 0 radical (unpaired) electrons. The van der Waals surface area contributed by atoms with Gasteiger partial charge in [0.05, 0.1) is 24.4 Å². The molecule has 86 valence electrons. The second-order valence-electron chi connectivity index (χ2n) is 3.79. The molecule has 0 amide bonds. The van der Waals surface area contributed by atoms with Gasteiger partial charge in [0.1, 0.15) is 0 Å². The van der Waals surface area contributed by atoms with E-state index < -0.39 is 11.9 Å². The number of carboxylic acid groups (broad SMARTS) is 1. The Labute approximate surface area is 98.8 Å². The number of benzene rings is 1. The first-order valence-corrected chi connectivity index (χ1v) is 6.29. The third-order valence-corrected chi connectivity index (χ3v) is 3.88. The molecule has 1 heterocycles. The van der Waals surface area contributed by atoms with Crippen LogP contribution in [0.3, 0.4) is 0 Å². The van der Waals surface area contributed by atoms with Crippen LogP contribution in [-0.2, 0) is 9.53 Å². The summed E-state index contributed by atoms with van der Waals surface area (Å²) in [5.74, 6) is -0.543. The molecule has 1 atom stereocenters. The summed E-state index contributed by atoms with van der Waals surface area (Å²) >= 11 is 1.69. The highest BCUT2D eigenvalue weighted by Crippen LogP contribution is 2.26. The van der Waals surface area contributed by atoms with Crippen LogP contribution in [0, 0.1) is 0 Å². The van der Waals surface area contributed by atoms with Crippen LogP contribution in [0.4, 0.5) is 0 Å². The Bertz CT molecular complexity index is 349. The quantitative estimate of drug-likeness (QED) is 0.852. The van der Waals surface area contributed by atoms with Crippen molar-refractivity contribution in [3.8, 4) is 0 Å². The molecule has 1 aromatic carbocycles. The predicted octanol–water partition coefficient (Wildman–Crippen LogP) is 1.99.